The molecule has 0 radical (unpaired) electrons. The lowest BCUT2D eigenvalue weighted by Gasteiger charge is -2.46. The molecule has 2 aromatic rings. The summed E-state index contributed by atoms with van der Waals surface area (Å²) >= 11 is 0. The predicted octanol–water partition coefficient (Wildman–Crippen LogP) is 6.99. The molecule has 0 fully saturated rings. The maximum Gasteiger partial charge on any atom is 0.137 e. The summed E-state index contributed by atoms with van der Waals surface area (Å²) in [6.45, 7) is 16.9. The van der Waals surface area contributed by atoms with Gasteiger partial charge in [0, 0.05) is 5.66 Å². The standard InChI is InChI=1S/C23H32O2P2/c1-17(27(22(2,3)4)23(5,6)7)18-11-8-12-19(18)26(20-13-9-15-24-20)21-14-10-16-25-21/h8-11,13-17H,12H2,1-7H3/t17-/m0/s1. The molecule has 0 saturated heterocycles. The molecule has 0 aromatic carbocycles. The second-order valence-electron chi connectivity index (χ2n) is 9.13. The van der Waals surface area contributed by atoms with Crippen LogP contribution in [0.3, 0.4) is 0 Å². The molecule has 1 aliphatic carbocycles. The van der Waals surface area contributed by atoms with Gasteiger partial charge in [-0.1, -0.05) is 68.5 Å². The Bertz CT molecular complexity index is 751. The summed E-state index contributed by atoms with van der Waals surface area (Å²) in [4.78, 5) is 0. The maximum atomic E-state index is 5.87. The zero-order chi connectivity index (χ0) is 19.8. The third-order valence-corrected chi connectivity index (χ3v) is 11.3. The minimum Gasteiger partial charge on any atom is -0.464 e. The molecule has 0 N–H and O–H groups in total. The van der Waals surface area contributed by atoms with Crippen LogP contribution in [-0.4, -0.2) is 16.0 Å². The normalized spacial score (nSPS) is 16.8. The molecule has 2 heterocycles. The summed E-state index contributed by atoms with van der Waals surface area (Å²) in [5.74, 6) is 0. The lowest BCUT2D eigenvalue weighted by molar-refractivity contribution is 0.593. The summed E-state index contributed by atoms with van der Waals surface area (Å²) in [5.41, 5.74) is 4.09. The quantitative estimate of drug-likeness (QED) is 0.504. The van der Waals surface area contributed by atoms with Gasteiger partial charge in [0.05, 0.1) is 20.4 Å². The number of rotatable bonds is 5. The van der Waals surface area contributed by atoms with E-state index in [2.05, 4.69) is 72.8 Å². The molecule has 27 heavy (non-hydrogen) atoms. The summed E-state index contributed by atoms with van der Waals surface area (Å²) in [5, 5.41) is 2.07. The molecular weight excluding hydrogens is 370 g/mol. The maximum absolute atomic E-state index is 5.87. The van der Waals surface area contributed by atoms with E-state index in [-0.39, 0.29) is 7.92 Å². The molecule has 146 valence electrons. The fourth-order valence-corrected chi connectivity index (χ4v) is 11.9. The highest BCUT2D eigenvalue weighted by molar-refractivity contribution is 7.76. The van der Waals surface area contributed by atoms with Crippen molar-refractivity contribution in [2.75, 3.05) is 0 Å². The zero-order valence-electron chi connectivity index (χ0n) is 17.6. The van der Waals surface area contributed by atoms with Crippen molar-refractivity contribution in [2.24, 2.45) is 0 Å². The topological polar surface area (TPSA) is 26.3 Å². The van der Waals surface area contributed by atoms with E-state index >= 15 is 0 Å². The van der Waals surface area contributed by atoms with Crippen LogP contribution in [0.25, 0.3) is 0 Å². The molecule has 2 nitrogen and oxygen atoms in total. The van der Waals surface area contributed by atoms with Crippen molar-refractivity contribution in [3.63, 3.8) is 0 Å². The van der Waals surface area contributed by atoms with Gasteiger partial charge in [0.15, 0.2) is 0 Å². The van der Waals surface area contributed by atoms with Crippen molar-refractivity contribution in [1.82, 2.24) is 0 Å². The summed E-state index contributed by atoms with van der Waals surface area (Å²) in [7, 11) is -0.993. The Morgan fingerprint density at radius 3 is 1.81 bits per heavy atom. The summed E-state index contributed by atoms with van der Waals surface area (Å²) in [6, 6.07) is 8.16. The second-order valence-corrected chi connectivity index (χ2v) is 15.4. The van der Waals surface area contributed by atoms with Gasteiger partial charge in [-0.05, 0) is 51.9 Å². The molecule has 1 aliphatic rings. The molecule has 0 spiro atoms. The second kappa shape index (κ2) is 7.73. The average molecular weight is 402 g/mol. The number of furan rings is 2. The minimum absolute atomic E-state index is 0.241. The Morgan fingerprint density at radius 1 is 0.889 bits per heavy atom. The van der Waals surface area contributed by atoms with Crippen molar-refractivity contribution >= 4 is 26.8 Å². The Kier molecular flexibility index (Phi) is 5.90. The minimum atomic E-state index is -0.752. The number of hydrogen-bond donors (Lipinski definition) is 0. The first-order valence-corrected chi connectivity index (χ1v) is 12.4. The lowest BCUT2D eigenvalue weighted by Crippen LogP contribution is -2.31. The van der Waals surface area contributed by atoms with Gasteiger partial charge in [-0.15, -0.1) is 0 Å². The molecule has 0 bridgehead atoms. The van der Waals surface area contributed by atoms with Crippen LogP contribution in [0.2, 0.25) is 0 Å². The predicted molar refractivity (Wildman–Crippen MR) is 120 cm³/mol. The smallest absolute Gasteiger partial charge is 0.137 e. The van der Waals surface area contributed by atoms with Gasteiger partial charge in [-0.25, -0.2) is 0 Å². The Balaban J connectivity index is 2.09. The molecular formula is C23H32O2P2. The van der Waals surface area contributed by atoms with Crippen molar-refractivity contribution in [3.8, 4) is 0 Å². The van der Waals surface area contributed by atoms with E-state index < -0.39 is 7.92 Å². The van der Waals surface area contributed by atoms with Crippen molar-refractivity contribution in [3.05, 3.63) is 59.8 Å². The highest BCUT2D eigenvalue weighted by atomic mass is 31.1. The van der Waals surface area contributed by atoms with Crippen LogP contribution in [0.4, 0.5) is 0 Å². The van der Waals surface area contributed by atoms with Crippen LogP contribution < -0.4 is 11.0 Å². The van der Waals surface area contributed by atoms with Crippen LogP contribution in [0.15, 0.2) is 68.7 Å². The third kappa shape index (κ3) is 4.33. The van der Waals surface area contributed by atoms with Gasteiger partial charge in [-0.3, -0.25) is 0 Å². The first kappa shape index (κ1) is 20.6. The van der Waals surface area contributed by atoms with E-state index in [9.17, 15) is 0 Å². The third-order valence-electron chi connectivity index (χ3n) is 4.95. The molecule has 2 aromatic heterocycles. The van der Waals surface area contributed by atoms with Crippen LogP contribution in [0.1, 0.15) is 54.9 Å². The zero-order valence-corrected chi connectivity index (χ0v) is 19.4. The van der Waals surface area contributed by atoms with E-state index in [1.54, 1.807) is 12.5 Å². The van der Waals surface area contributed by atoms with E-state index in [4.69, 9.17) is 8.83 Å². The van der Waals surface area contributed by atoms with E-state index in [0.29, 0.717) is 16.0 Å². The summed E-state index contributed by atoms with van der Waals surface area (Å²) < 4.78 is 11.7. The van der Waals surface area contributed by atoms with Crippen molar-refractivity contribution in [1.29, 1.82) is 0 Å². The monoisotopic (exact) mass is 402 g/mol. The Morgan fingerprint density at radius 2 is 1.41 bits per heavy atom. The Labute approximate surface area is 166 Å². The molecule has 0 amide bonds. The fourth-order valence-electron chi connectivity index (χ4n) is 4.59. The number of allylic oxidation sites excluding steroid dienone is 4. The summed E-state index contributed by atoms with van der Waals surface area (Å²) in [6.07, 6.45) is 9.23. The molecule has 3 rings (SSSR count). The highest BCUT2D eigenvalue weighted by Crippen LogP contribution is 2.65. The first-order chi connectivity index (χ1) is 12.6. The van der Waals surface area contributed by atoms with Crippen LogP contribution in [0, 0.1) is 0 Å². The molecule has 0 unspecified atom stereocenters. The van der Waals surface area contributed by atoms with Gasteiger partial charge >= 0.3 is 0 Å². The molecule has 4 heteroatoms. The molecule has 0 saturated carbocycles. The first-order valence-electron chi connectivity index (χ1n) is 9.67. The lowest BCUT2D eigenvalue weighted by atomic mass is 10.2. The van der Waals surface area contributed by atoms with Crippen LogP contribution in [-0.2, 0) is 0 Å². The van der Waals surface area contributed by atoms with E-state index in [1.165, 1.54) is 10.9 Å². The van der Waals surface area contributed by atoms with Gasteiger partial charge in [0.2, 0.25) is 0 Å². The molecule has 1 atom stereocenters. The average Bonchev–Trinajstić information content (AvgIpc) is 3.28. The Hall–Kier alpha value is -1.10. The van der Waals surface area contributed by atoms with Crippen molar-refractivity contribution < 1.29 is 8.83 Å². The van der Waals surface area contributed by atoms with Gasteiger partial charge in [0.1, 0.15) is 11.0 Å². The number of hydrogen-bond acceptors (Lipinski definition) is 2. The van der Waals surface area contributed by atoms with Crippen molar-refractivity contribution in [2.45, 2.75) is 70.9 Å². The van der Waals surface area contributed by atoms with E-state index in [1.807, 2.05) is 12.1 Å². The van der Waals surface area contributed by atoms with Gasteiger partial charge in [-0.2, -0.15) is 0 Å². The molecule has 0 aliphatic heterocycles. The largest absolute Gasteiger partial charge is 0.464 e. The fraction of sp³-hybridized carbons (Fsp3) is 0.478. The van der Waals surface area contributed by atoms with Gasteiger partial charge < -0.3 is 8.83 Å². The van der Waals surface area contributed by atoms with E-state index in [0.717, 1.165) is 17.4 Å². The highest BCUT2D eigenvalue weighted by Gasteiger charge is 2.41. The van der Waals surface area contributed by atoms with Gasteiger partial charge in [0.25, 0.3) is 0 Å². The SMILES string of the molecule is C[C@@H](C1=C(P(c2ccco2)c2ccco2)CC=C1)P(C(C)(C)C)C(C)(C)C. The van der Waals surface area contributed by atoms with Crippen LogP contribution in [0.5, 0.6) is 0 Å². The van der Waals surface area contributed by atoms with Crippen LogP contribution >= 0.6 is 15.8 Å².